The van der Waals surface area contributed by atoms with Gasteiger partial charge in [0.25, 0.3) is 0 Å². The van der Waals surface area contributed by atoms with E-state index < -0.39 is 49.5 Å². The third-order valence-electron chi connectivity index (χ3n) is 14.4. The first-order valence-electron chi connectivity index (χ1n) is 30.9. The van der Waals surface area contributed by atoms with E-state index in [0.717, 1.165) is 70.6 Å². The minimum atomic E-state index is -1.58. The Balaban J connectivity index is 2.00. The van der Waals surface area contributed by atoms with E-state index >= 15 is 0 Å². The number of rotatable bonds is 53. The molecule has 74 heavy (non-hydrogen) atoms. The van der Waals surface area contributed by atoms with Crippen LogP contribution in [-0.2, 0) is 23.8 Å². The molecule has 11 nitrogen and oxygen atoms in total. The molecule has 1 saturated heterocycles. The lowest BCUT2D eigenvalue weighted by Crippen LogP contribution is -2.60. The molecule has 1 aliphatic rings. The second-order valence-electron chi connectivity index (χ2n) is 21.4. The van der Waals surface area contributed by atoms with Crippen LogP contribution in [0.4, 0.5) is 0 Å². The molecule has 1 heterocycles. The van der Waals surface area contributed by atoms with Crippen molar-refractivity contribution in [1.29, 1.82) is 0 Å². The Hall–Kier alpha value is -2.38. The van der Waals surface area contributed by atoms with Gasteiger partial charge in [-0.2, -0.15) is 0 Å². The number of allylic oxidation sites excluding steroid dienone is 7. The van der Waals surface area contributed by atoms with Gasteiger partial charge in [0.2, 0.25) is 5.91 Å². The van der Waals surface area contributed by atoms with Crippen molar-refractivity contribution in [2.45, 2.75) is 320 Å². The summed E-state index contributed by atoms with van der Waals surface area (Å²) in [7, 11) is 0. The van der Waals surface area contributed by atoms with E-state index in [9.17, 15) is 35.1 Å². The Morgan fingerprint density at radius 2 is 0.878 bits per heavy atom. The standard InChI is InChI=1S/C63H115NO10/c1-3-5-7-9-11-13-14-27-31-35-39-43-47-51-59(68)72-52-48-44-40-36-32-29-26-24-22-20-18-16-15-17-19-21-23-25-28-30-34-38-42-46-50-58(67)64-55(56(66)49-45-41-37-33-12-10-8-6-4-2)54-73-63-62(71)61(70)60(69)57(53-65)74-63/h12-14,17,19,33,45,49,55-57,60-63,65-66,69-71H,3-11,15-16,18,20-32,34-44,46-48,50-54H2,1-2H3,(H,64,67)/b14-13-,19-17-,33-12+,49-45+. The fourth-order valence-corrected chi connectivity index (χ4v) is 9.44. The van der Waals surface area contributed by atoms with Crippen molar-refractivity contribution in [1.82, 2.24) is 5.32 Å². The van der Waals surface area contributed by atoms with E-state index in [0.29, 0.717) is 19.4 Å². The maximum absolute atomic E-state index is 13.0. The molecule has 6 N–H and O–H groups in total. The van der Waals surface area contributed by atoms with Gasteiger partial charge < -0.3 is 45.1 Å². The van der Waals surface area contributed by atoms with Gasteiger partial charge in [-0.1, -0.05) is 217 Å². The lowest BCUT2D eigenvalue weighted by atomic mass is 9.99. The first kappa shape index (κ1) is 69.6. The fraction of sp³-hybridized carbons (Fsp3) is 0.841. The number of ether oxygens (including phenoxy) is 3. The largest absolute Gasteiger partial charge is 0.466 e. The topological polar surface area (TPSA) is 175 Å². The molecule has 0 aromatic rings. The zero-order valence-electron chi connectivity index (χ0n) is 47.6. The number of esters is 1. The Kier molecular flexibility index (Phi) is 49.6. The molecule has 0 aliphatic carbocycles. The predicted octanol–water partition coefficient (Wildman–Crippen LogP) is 14.5. The molecule has 11 heteroatoms. The number of hydrogen-bond donors (Lipinski definition) is 6. The van der Waals surface area contributed by atoms with Crippen molar-refractivity contribution < 1.29 is 49.3 Å². The molecule has 1 rings (SSSR count). The number of nitrogens with one attached hydrogen (secondary N) is 1. The molecule has 7 atom stereocenters. The summed E-state index contributed by atoms with van der Waals surface area (Å²) in [5.74, 6) is -0.208. The van der Waals surface area contributed by atoms with Gasteiger partial charge in [0.15, 0.2) is 6.29 Å². The summed E-state index contributed by atoms with van der Waals surface area (Å²) < 4.78 is 16.7. The molecule has 0 radical (unpaired) electrons. The first-order chi connectivity index (χ1) is 36.2. The van der Waals surface area contributed by atoms with Crippen LogP contribution >= 0.6 is 0 Å². The molecule has 0 bridgehead atoms. The van der Waals surface area contributed by atoms with Crippen LogP contribution in [0.25, 0.3) is 0 Å². The number of aliphatic hydroxyl groups is 5. The quantitative estimate of drug-likeness (QED) is 0.0195. The second kappa shape index (κ2) is 52.7. The van der Waals surface area contributed by atoms with Crippen LogP contribution in [0.2, 0.25) is 0 Å². The molecular weight excluding hydrogens is 931 g/mol. The number of carbonyl (C=O) groups excluding carboxylic acids is 2. The van der Waals surface area contributed by atoms with E-state index in [2.05, 4.69) is 55.6 Å². The Morgan fingerprint density at radius 3 is 1.36 bits per heavy atom. The van der Waals surface area contributed by atoms with Gasteiger partial charge in [0.05, 0.1) is 32.0 Å². The molecule has 7 unspecified atom stereocenters. The van der Waals surface area contributed by atoms with Gasteiger partial charge in [-0.05, 0) is 96.3 Å². The Bertz CT molecular complexity index is 1370. The number of aliphatic hydroxyl groups excluding tert-OH is 5. The Labute approximate surface area is 453 Å². The van der Waals surface area contributed by atoms with E-state index in [1.807, 2.05) is 6.08 Å². The molecule has 0 spiro atoms. The summed E-state index contributed by atoms with van der Waals surface area (Å²) in [6.07, 6.45) is 56.6. The van der Waals surface area contributed by atoms with Gasteiger partial charge in [0.1, 0.15) is 24.4 Å². The molecule has 1 fully saturated rings. The van der Waals surface area contributed by atoms with Gasteiger partial charge in [0, 0.05) is 12.8 Å². The molecule has 1 aliphatic heterocycles. The maximum Gasteiger partial charge on any atom is 0.305 e. The number of carbonyl (C=O) groups is 2. The predicted molar refractivity (Wildman–Crippen MR) is 306 cm³/mol. The summed E-state index contributed by atoms with van der Waals surface area (Å²) >= 11 is 0. The monoisotopic (exact) mass is 1050 g/mol. The van der Waals surface area contributed by atoms with Gasteiger partial charge in [-0.25, -0.2) is 0 Å². The van der Waals surface area contributed by atoms with E-state index in [4.69, 9.17) is 14.2 Å². The van der Waals surface area contributed by atoms with Crippen molar-refractivity contribution in [3.8, 4) is 0 Å². The third-order valence-corrected chi connectivity index (χ3v) is 14.4. The lowest BCUT2D eigenvalue weighted by molar-refractivity contribution is -0.302. The summed E-state index contributed by atoms with van der Waals surface area (Å²) in [4.78, 5) is 25.0. The van der Waals surface area contributed by atoms with E-state index in [1.54, 1.807) is 6.08 Å². The summed E-state index contributed by atoms with van der Waals surface area (Å²) in [6.45, 7) is 4.25. The average Bonchev–Trinajstić information content (AvgIpc) is 3.40. The highest BCUT2D eigenvalue weighted by Gasteiger charge is 2.44. The van der Waals surface area contributed by atoms with Crippen LogP contribution in [0.5, 0.6) is 0 Å². The van der Waals surface area contributed by atoms with Crippen LogP contribution in [-0.4, -0.2) is 100 Å². The highest BCUT2D eigenvalue weighted by atomic mass is 16.7. The lowest BCUT2D eigenvalue weighted by Gasteiger charge is -2.40. The van der Waals surface area contributed by atoms with E-state index in [-0.39, 0.29) is 18.5 Å². The van der Waals surface area contributed by atoms with Gasteiger partial charge in [-0.15, -0.1) is 0 Å². The van der Waals surface area contributed by atoms with Crippen molar-refractivity contribution in [2.24, 2.45) is 0 Å². The summed E-state index contributed by atoms with van der Waals surface area (Å²) in [6, 6.07) is -0.830. The van der Waals surface area contributed by atoms with Crippen LogP contribution in [0.3, 0.4) is 0 Å². The van der Waals surface area contributed by atoms with Gasteiger partial charge in [-0.3, -0.25) is 9.59 Å². The van der Waals surface area contributed by atoms with Crippen molar-refractivity contribution in [2.75, 3.05) is 19.8 Å². The normalized spacial score (nSPS) is 19.1. The average molecular weight is 1050 g/mol. The Morgan fingerprint density at radius 1 is 0.486 bits per heavy atom. The minimum Gasteiger partial charge on any atom is -0.466 e. The maximum atomic E-state index is 13.0. The molecular formula is C63H115NO10. The van der Waals surface area contributed by atoms with Crippen molar-refractivity contribution in [3.63, 3.8) is 0 Å². The number of hydrogen-bond acceptors (Lipinski definition) is 10. The summed E-state index contributed by atoms with van der Waals surface area (Å²) in [5, 5.41) is 54.2. The molecule has 0 aromatic heterocycles. The molecule has 432 valence electrons. The first-order valence-corrected chi connectivity index (χ1v) is 30.9. The number of amides is 1. The second-order valence-corrected chi connectivity index (χ2v) is 21.4. The van der Waals surface area contributed by atoms with Gasteiger partial charge >= 0.3 is 5.97 Å². The van der Waals surface area contributed by atoms with Crippen LogP contribution in [0, 0.1) is 0 Å². The SMILES string of the molecule is CCCCC/C=C/CC/C=C/C(O)C(COC1OC(CO)C(O)C(O)C1O)NC(=O)CCCCCCCCCC/C=C\CCCCCCCCCCCCCCOC(=O)CCCCCCC/C=C\CCCCCC. The minimum absolute atomic E-state index is 0.00886. The third kappa shape index (κ3) is 41.7. The number of unbranched alkanes of at least 4 members (excludes halogenated alkanes) is 33. The van der Waals surface area contributed by atoms with Crippen LogP contribution in [0.1, 0.15) is 277 Å². The molecule has 0 saturated carbocycles. The molecule has 1 amide bonds. The smallest absolute Gasteiger partial charge is 0.305 e. The molecule has 0 aromatic carbocycles. The fourth-order valence-electron chi connectivity index (χ4n) is 9.44. The zero-order chi connectivity index (χ0) is 53.8. The zero-order valence-corrected chi connectivity index (χ0v) is 47.6. The van der Waals surface area contributed by atoms with Crippen molar-refractivity contribution >= 4 is 11.9 Å². The van der Waals surface area contributed by atoms with Crippen molar-refractivity contribution in [3.05, 3.63) is 48.6 Å². The van der Waals surface area contributed by atoms with Crippen LogP contribution in [0.15, 0.2) is 48.6 Å². The van der Waals surface area contributed by atoms with Crippen LogP contribution < -0.4 is 5.32 Å². The highest BCUT2D eigenvalue weighted by molar-refractivity contribution is 5.76. The highest BCUT2D eigenvalue weighted by Crippen LogP contribution is 2.23. The summed E-state index contributed by atoms with van der Waals surface area (Å²) in [5.41, 5.74) is 0. The van der Waals surface area contributed by atoms with E-state index in [1.165, 1.54) is 180 Å².